The Morgan fingerprint density at radius 1 is 0.378 bits per heavy atom. The molecule has 0 aliphatic heterocycles. The quantitative estimate of drug-likeness (QED) is 0.144. The van der Waals surface area contributed by atoms with Crippen molar-refractivity contribution in [2.45, 2.75) is 9.79 Å². The Kier molecular flexibility index (Phi) is 8.35. The predicted molar refractivity (Wildman–Crippen MR) is 171 cm³/mol. The zero-order valence-corrected chi connectivity index (χ0v) is 24.7. The maximum atomic E-state index is 13.3. The van der Waals surface area contributed by atoms with Crippen molar-refractivity contribution in [3.8, 4) is 23.0 Å². The molecule has 0 radical (unpaired) electrons. The summed E-state index contributed by atoms with van der Waals surface area (Å²) in [7, 11) is -3.82. The van der Waals surface area contributed by atoms with Gasteiger partial charge in [-0.05, 0) is 72.8 Å². The van der Waals surface area contributed by atoms with Gasteiger partial charge in [0.1, 0.15) is 23.0 Å². The molecule has 0 aliphatic carbocycles. The molecule has 6 nitrogen and oxygen atoms in total. The number of hydrogen-bond acceptors (Lipinski definition) is 6. The molecule has 0 atom stereocenters. The van der Waals surface area contributed by atoms with Crippen LogP contribution in [0, 0.1) is 0 Å². The molecule has 0 amide bonds. The van der Waals surface area contributed by atoms with Crippen LogP contribution < -0.4 is 9.47 Å². The molecule has 0 aliphatic rings. The van der Waals surface area contributed by atoms with E-state index in [1.165, 1.54) is 24.3 Å². The van der Waals surface area contributed by atoms with Gasteiger partial charge in [-0.2, -0.15) is 0 Å². The molecular formula is C38H26O6S. The van der Waals surface area contributed by atoms with Crippen LogP contribution in [0.1, 0.15) is 31.8 Å². The topological polar surface area (TPSA) is 86.7 Å². The van der Waals surface area contributed by atoms with Crippen LogP contribution in [0.3, 0.4) is 0 Å². The smallest absolute Gasteiger partial charge is 0.206 e. The zero-order valence-electron chi connectivity index (χ0n) is 23.9. The summed E-state index contributed by atoms with van der Waals surface area (Å²) in [6, 6.07) is 43.8. The van der Waals surface area contributed by atoms with E-state index in [4.69, 9.17) is 9.47 Å². The average Bonchev–Trinajstić information content (AvgIpc) is 3.09. The lowest BCUT2D eigenvalue weighted by Gasteiger charge is -2.10. The van der Waals surface area contributed by atoms with Gasteiger partial charge in [0.05, 0.1) is 9.79 Å². The summed E-state index contributed by atoms with van der Waals surface area (Å²) in [5.41, 5.74) is 2.12. The molecule has 6 rings (SSSR count). The van der Waals surface area contributed by atoms with Crippen molar-refractivity contribution in [1.29, 1.82) is 0 Å². The fraction of sp³-hybridized carbons (Fsp3) is 0. The summed E-state index contributed by atoms with van der Waals surface area (Å²) in [5.74, 6) is 1.53. The highest BCUT2D eigenvalue weighted by molar-refractivity contribution is 7.91. The molecule has 7 heteroatoms. The zero-order chi connectivity index (χ0) is 31.2. The highest BCUT2D eigenvalue weighted by Gasteiger charge is 2.18. The van der Waals surface area contributed by atoms with Gasteiger partial charge >= 0.3 is 0 Å². The van der Waals surface area contributed by atoms with Gasteiger partial charge < -0.3 is 9.47 Å². The maximum Gasteiger partial charge on any atom is 0.206 e. The second-order valence-corrected chi connectivity index (χ2v) is 12.0. The summed E-state index contributed by atoms with van der Waals surface area (Å²) < 4.78 is 38.5. The molecule has 0 fully saturated rings. The van der Waals surface area contributed by atoms with E-state index in [1.807, 2.05) is 36.4 Å². The Labute approximate surface area is 261 Å². The first-order chi connectivity index (χ1) is 21.9. The van der Waals surface area contributed by atoms with Gasteiger partial charge in [0.15, 0.2) is 11.6 Å². The molecule has 0 heterocycles. The van der Waals surface area contributed by atoms with Crippen LogP contribution in [0.15, 0.2) is 168 Å². The summed E-state index contributed by atoms with van der Waals surface area (Å²) >= 11 is 0. The first kappa shape index (κ1) is 29.3. The summed E-state index contributed by atoms with van der Waals surface area (Å²) in [6.07, 6.45) is 0. The highest BCUT2D eigenvalue weighted by atomic mass is 32.2. The normalized spacial score (nSPS) is 11.0. The first-order valence-electron chi connectivity index (χ1n) is 14.1. The Morgan fingerprint density at radius 2 is 0.733 bits per heavy atom. The average molecular weight is 611 g/mol. The predicted octanol–water partition coefficient (Wildman–Crippen LogP) is 8.57. The van der Waals surface area contributed by atoms with Gasteiger partial charge in [-0.15, -0.1) is 0 Å². The monoisotopic (exact) mass is 610 g/mol. The molecule has 0 saturated carbocycles. The van der Waals surface area contributed by atoms with E-state index < -0.39 is 9.84 Å². The summed E-state index contributed by atoms with van der Waals surface area (Å²) in [4.78, 5) is 25.8. The van der Waals surface area contributed by atoms with E-state index in [2.05, 4.69) is 0 Å². The number of carbonyl (C=O) groups is 2. The SMILES string of the molecule is O=C(c1ccccc1)c1cccc(Oc2ccc(S(=O)(=O)c3ccc(Oc4cccc(C(=O)c5ccccc5)c4)cc3)cc2)c1. The van der Waals surface area contributed by atoms with Crippen LogP contribution >= 0.6 is 0 Å². The number of ketones is 2. The van der Waals surface area contributed by atoms with E-state index in [-0.39, 0.29) is 21.4 Å². The number of benzene rings is 6. The number of rotatable bonds is 10. The molecular weight excluding hydrogens is 584 g/mol. The van der Waals surface area contributed by atoms with E-state index in [1.54, 1.807) is 97.1 Å². The molecule has 0 N–H and O–H groups in total. The van der Waals surface area contributed by atoms with Crippen LogP contribution in [0.4, 0.5) is 0 Å². The lowest BCUT2D eigenvalue weighted by atomic mass is 10.0. The molecule has 0 unspecified atom stereocenters. The van der Waals surface area contributed by atoms with Gasteiger partial charge in [0.25, 0.3) is 0 Å². The fourth-order valence-electron chi connectivity index (χ4n) is 4.70. The Hall–Kier alpha value is -5.79. The molecule has 0 saturated heterocycles. The van der Waals surface area contributed by atoms with Crippen molar-refractivity contribution in [2.24, 2.45) is 0 Å². The van der Waals surface area contributed by atoms with E-state index >= 15 is 0 Å². The number of hydrogen-bond donors (Lipinski definition) is 0. The highest BCUT2D eigenvalue weighted by Crippen LogP contribution is 2.29. The first-order valence-corrected chi connectivity index (χ1v) is 15.6. The number of sulfone groups is 1. The molecule has 220 valence electrons. The lowest BCUT2D eigenvalue weighted by molar-refractivity contribution is 0.103. The van der Waals surface area contributed by atoms with E-state index in [9.17, 15) is 18.0 Å². The van der Waals surface area contributed by atoms with Gasteiger partial charge in [0.2, 0.25) is 9.84 Å². The standard InChI is InChI=1S/C38H26O6S/c39-37(27-9-3-1-4-10-27)29-13-7-15-33(25-29)43-31-17-21-35(22-18-31)45(41,42)36-23-19-32(20-24-36)44-34-16-8-14-30(26-34)38(40)28-11-5-2-6-12-28/h1-26H. The van der Waals surface area contributed by atoms with Crippen LogP contribution in [-0.4, -0.2) is 20.0 Å². The Balaban J connectivity index is 1.12. The number of carbonyl (C=O) groups excluding carboxylic acids is 2. The molecule has 0 aromatic heterocycles. The third kappa shape index (κ3) is 6.74. The van der Waals surface area contributed by atoms with Gasteiger partial charge in [0, 0.05) is 22.3 Å². The van der Waals surface area contributed by atoms with Crippen molar-refractivity contribution in [1.82, 2.24) is 0 Å². The third-order valence-electron chi connectivity index (χ3n) is 7.00. The van der Waals surface area contributed by atoms with Gasteiger partial charge in [-0.3, -0.25) is 9.59 Å². The Bertz CT molecular complexity index is 1920. The second-order valence-electron chi connectivity index (χ2n) is 10.1. The third-order valence-corrected chi connectivity index (χ3v) is 8.79. The van der Waals surface area contributed by atoms with Crippen LogP contribution in [0.5, 0.6) is 23.0 Å². The summed E-state index contributed by atoms with van der Waals surface area (Å²) in [6.45, 7) is 0. The molecule has 6 aromatic carbocycles. The van der Waals surface area contributed by atoms with Crippen molar-refractivity contribution in [2.75, 3.05) is 0 Å². The van der Waals surface area contributed by atoms with Gasteiger partial charge in [-0.1, -0.05) is 84.9 Å². The molecule has 0 bridgehead atoms. The van der Waals surface area contributed by atoms with Gasteiger partial charge in [-0.25, -0.2) is 8.42 Å². The molecule has 45 heavy (non-hydrogen) atoms. The fourth-order valence-corrected chi connectivity index (χ4v) is 5.96. The van der Waals surface area contributed by atoms with E-state index in [0.717, 1.165) is 0 Å². The van der Waals surface area contributed by atoms with Crippen molar-refractivity contribution < 1.29 is 27.5 Å². The summed E-state index contributed by atoms with van der Waals surface area (Å²) in [5, 5.41) is 0. The van der Waals surface area contributed by atoms with E-state index in [0.29, 0.717) is 45.3 Å². The van der Waals surface area contributed by atoms with Crippen molar-refractivity contribution in [3.63, 3.8) is 0 Å². The van der Waals surface area contributed by atoms with Crippen molar-refractivity contribution >= 4 is 21.4 Å². The molecule has 0 spiro atoms. The van der Waals surface area contributed by atoms with Crippen LogP contribution in [0.2, 0.25) is 0 Å². The van der Waals surface area contributed by atoms with Crippen LogP contribution in [-0.2, 0) is 9.84 Å². The maximum absolute atomic E-state index is 13.3. The number of ether oxygens (including phenoxy) is 2. The van der Waals surface area contributed by atoms with Crippen LogP contribution in [0.25, 0.3) is 0 Å². The Morgan fingerprint density at radius 3 is 1.11 bits per heavy atom. The second kappa shape index (κ2) is 12.8. The van der Waals surface area contributed by atoms with Crippen molar-refractivity contribution in [3.05, 3.63) is 180 Å². The minimum absolute atomic E-state index is 0.101. The minimum Gasteiger partial charge on any atom is -0.457 e. The molecule has 6 aromatic rings. The largest absolute Gasteiger partial charge is 0.457 e. The minimum atomic E-state index is -3.82. The lowest BCUT2D eigenvalue weighted by Crippen LogP contribution is -2.02.